The Morgan fingerprint density at radius 2 is 1.61 bits per heavy atom. The van der Waals surface area contributed by atoms with Crippen LogP contribution < -0.4 is 10.6 Å². The molecule has 0 aliphatic rings. The molecule has 0 saturated heterocycles. The summed E-state index contributed by atoms with van der Waals surface area (Å²) >= 11 is 5.86. The van der Waals surface area contributed by atoms with Crippen LogP contribution in [-0.2, 0) is 19.7 Å². The van der Waals surface area contributed by atoms with Crippen LogP contribution in [0.2, 0.25) is 5.02 Å². The Morgan fingerprint density at radius 1 is 1.00 bits per heavy atom. The number of hydrogen-bond donors (Lipinski definition) is 2. The number of hydrogen-bond acceptors (Lipinski definition) is 8. The molecule has 0 atom stereocenters. The number of rotatable bonds is 7. The molecule has 174 valence electrons. The van der Waals surface area contributed by atoms with Crippen molar-refractivity contribution in [2.24, 2.45) is 0 Å². The second kappa shape index (κ2) is 9.60. The van der Waals surface area contributed by atoms with Crippen LogP contribution in [0.4, 0.5) is 36.2 Å². The van der Waals surface area contributed by atoms with Gasteiger partial charge in [0.2, 0.25) is 0 Å². The summed E-state index contributed by atoms with van der Waals surface area (Å²) in [6.07, 6.45) is -4.08. The Balaban J connectivity index is 1.76. The lowest BCUT2D eigenvalue weighted by molar-refractivity contribution is -0.219. The summed E-state index contributed by atoms with van der Waals surface area (Å²) in [4.78, 5) is 22.6. The van der Waals surface area contributed by atoms with Crippen molar-refractivity contribution in [3.8, 4) is 0 Å². The van der Waals surface area contributed by atoms with Gasteiger partial charge in [-0.1, -0.05) is 17.7 Å². The van der Waals surface area contributed by atoms with Gasteiger partial charge in [-0.15, -0.1) is 0 Å². The van der Waals surface area contributed by atoms with Crippen molar-refractivity contribution in [3.63, 3.8) is 0 Å². The molecule has 0 amide bonds. The van der Waals surface area contributed by atoms with Crippen LogP contribution in [0.25, 0.3) is 0 Å². The van der Waals surface area contributed by atoms with Gasteiger partial charge in [-0.2, -0.15) is 13.2 Å². The molecule has 0 spiro atoms. The van der Waals surface area contributed by atoms with Crippen LogP contribution in [0.3, 0.4) is 0 Å². The molecule has 33 heavy (non-hydrogen) atoms. The Morgan fingerprint density at radius 3 is 2.21 bits per heavy atom. The van der Waals surface area contributed by atoms with Gasteiger partial charge >= 0.3 is 12.1 Å². The molecular formula is C19H15ClF3N5O4S. The first-order chi connectivity index (χ1) is 15.4. The van der Waals surface area contributed by atoms with E-state index in [1.165, 1.54) is 18.5 Å². The number of sulfonamides is 1. The number of benzene rings is 2. The third kappa shape index (κ3) is 6.31. The summed E-state index contributed by atoms with van der Waals surface area (Å²) < 4.78 is 61.9. The van der Waals surface area contributed by atoms with E-state index in [0.29, 0.717) is 29.4 Å². The van der Waals surface area contributed by atoms with E-state index in [4.69, 9.17) is 11.6 Å². The van der Waals surface area contributed by atoms with Crippen LogP contribution in [0, 0.1) is 0 Å². The summed E-state index contributed by atoms with van der Waals surface area (Å²) in [5, 5.41) is 6.49. The molecule has 0 aliphatic heterocycles. The van der Waals surface area contributed by atoms with Gasteiger partial charge in [0.1, 0.15) is 18.0 Å². The largest absolute Gasteiger partial charge is 0.492 e. The van der Waals surface area contributed by atoms with E-state index in [0.717, 1.165) is 12.1 Å². The van der Waals surface area contributed by atoms with Gasteiger partial charge in [-0.25, -0.2) is 23.2 Å². The number of carbonyl (C=O) groups is 1. The Labute approximate surface area is 191 Å². The van der Waals surface area contributed by atoms with Crippen molar-refractivity contribution in [3.05, 3.63) is 65.9 Å². The third-order valence-electron chi connectivity index (χ3n) is 3.97. The van der Waals surface area contributed by atoms with Gasteiger partial charge in [0.05, 0.1) is 4.90 Å². The minimum Gasteiger partial charge on any atom is -0.345 e. The predicted molar refractivity (Wildman–Crippen MR) is 114 cm³/mol. The second-order valence-corrected chi connectivity index (χ2v) is 8.74. The van der Waals surface area contributed by atoms with E-state index in [1.54, 1.807) is 30.3 Å². The highest BCUT2D eigenvalue weighted by atomic mass is 35.5. The smallest absolute Gasteiger partial charge is 0.345 e. The van der Waals surface area contributed by atoms with Gasteiger partial charge in [-0.05, 0) is 46.9 Å². The highest BCUT2D eigenvalue weighted by Gasteiger charge is 2.43. The zero-order valence-corrected chi connectivity index (χ0v) is 18.2. The highest BCUT2D eigenvalue weighted by molar-refractivity contribution is 7.89. The Bertz CT molecular complexity index is 1260. The highest BCUT2D eigenvalue weighted by Crippen LogP contribution is 2.25. The van der Waals surface area contributed by atoms with Gasteiger partial charge < -0.3 is 15.5 Å². The monoisotopic (exact) mass is 501 g/mol. The molecule has 0 fully saturated rings. The molecule has 2 aromatic carbocycles. The molecule has 14 heteroatoms. The minimum atomic E-state index is -5.35. The fourth-order valence-corrected chi connectivity index (χ4v) is 3.54. The summed E-state index contributed by atoms with van der Waals surface area (Å²) in [6.45, 7) is 0. The van der Waals surface area contributed by atoms with E-state index in [9.17, 15) is 26.4 Å². The number of anilines is 4. The Hall–Kier alpha value is -3.42. The molecule has 1 aromatic heterocycles. The molecule has 9 nitrogen and oxygen atoms in total. The molecular weight excluding hydrogens is 487 g/mol. The van der Waals surface area contributed by atoms with E-state index >= 15 is 0 Å². The SMILES string of the molecule is CN(OC(=O)C(F)(F)F)S(=O)(=O)c1cccc(Nc2cc(Nc3ccc(Cl)cc3)ncn2)c1. The number of hydroxylamine groups is 1. The minimum absolute atomic E-state index is 0.152. The first-order valence-electron chi connectivity index (χ1n) is 8.95. The average Bonchev–Trinajstić information content (AvgIpc) is 2.75. The molecule has 0 aliphatic carbocycles. The normalized spacial score (nSPS) is 11.8. The molecule has 0 unspecified atom stereocenters. The van der Waals surface area contributed by atoms with Gasteiger partial charge in [0, 0.05) is 29.5 Å². The quantitative estimate of drug-likeness (QED) is 0.462. The number of alkyl halides is 3. The van der Waals surface area contributed by atoms with Gasteiger partial charge in [0.25, 0.3) is 10.0 Å². The fraction of sp³-hybridized carbons (Fsp3) is 0.105. The van der Waals surface area contributed by atoms with E-state index in [-0.39, 0.29) is 10.2 Å². The number of carbonyl (C=O) groups excluding carboxylic acids is 1. The zero-order chi connectivity index (χ0) is 24.2. The first-order valence-corrected chi connectivity index (χ1v) is 10.8. The van der Waals surface area contributed by atoms with Crippen LogP contribution >= 0.6 is 11.6 Å². The first kappa shape index (κ1) is 24.2. The lowest BCUT2D eigenvalue weighted by Crippen LogP contribution is -2.36. The van der Waals surface area contributed by atoms with Crippen molar-refractivity contribution >= 4 is 50.6 Å². The summed E-state index contributed by atoms with van der Waals surface area (Å²) in [5.41, 5.74) is 0.969. The predicted octanol–water partition coefficient (Wildman–Crippen LogP) is 4.26. The number of aromatic nitrogens is 2. The second-order valence-electron chi connectivity index (χ2n) is 6.36. The van der Waals surface area contributed by atoms with Crippen LogP contribution in [0.1, 0.15) is 0 Å². The Kier molecular flexibility index (Phi) is 7.05. The van der Waals surface area contributed by atoms with E-state index in [2.05, 4.69) is 25.4 Å². The van der Waals surface area contributed by atoms with Crippen molar-refractivity contribution in [1.29, 1.82) is 0 Å². The van der Waals surface area contributed by atoms with Gasteiger partial charge in [-0.3, -0.25) is 0 Å². The number of halogens is 4. The van der Waals surface area contributed by atoms with Crippen molar-refractivity contribution in [1.82, 2.24) is 14.4 Å². The number of nitrogens with one attached hydrogen (secondary N) is 2. The summed E-state index contributed by atoms with van der Waals surface area (Å²) in [5.74, 6) is -1.94. The standard InChI is InChI=1S/C19H15ClF3N5O4S/c1-28(32-18(29)19(21,22)23)33(30,31)15-4-2-3-14(9-15)27-17-10-16(24-11-25-17)26-13-7-5-12(20)6-8-13/h2-11H,1H3,(H2,24,25,26,27). The fourth-order valence-electron chi connectivity index (χ4n) is 2.42. The maximum atomic E-state index is 12.5. The van der Waals surface area contributed by atoms with Gasteiger partial charge in [0.15, 0.2) is 0 Å². The molecule has 0 saturated carbocycles. The molecule has 1 heterocycles. The van der Waals surface area contributed by atoms with Crippen LogP contribution in [0.5, 0.6) is 0 Å². The molecule has 0 bridgehead atoms. The molecule has 2 N–H and O–H groups in total. The average molecular weight is 502 g/mol. The van der Waals surface area contributed by atoms with E-state index in [1.807, 2.05) is 0 Å². The topological polar surface area (TPSA) is 114 Å². The number of nitrogens with zero attached hydrogens (tertiary/aromatic N) is 3. The third-order valence-corrected chi connectivity index (χ3v) is 5.82. The molecule has 0 radical (unpaired) electrons. The van der Waals surface area contributed by atoms with Crippen LogP contribution in [-0.4, -0.2) is 42.0 Å². The zero-order valence-electron chi connectivity index (χ0n) is 16.7. The lowest BCUT2D eigenvalue weighted by Gasteiger charge is -2.17. The lowest BCUT2D eigenvalue weighted by atomic mass is 10.3. The van der Waals surface area contributed by atoms with E-state index < -0.39 is 27.1 Å². The maximum absolute atomic E-state index is 12.5. The van der Waals surface area contributed by atoms with Crippen molar-refractivity contribution < 1.29 is 31.2 Å². The van der Waals surface area contributed by atoms with Crippen molar-refractivity contribution in [2.75, 3.05) is 17.7 Å². The summed E-state index contributed by atoms with van der Waals surface area (Å²) in [6, 6.07) is 13.6. The summed E-state index contributed by atoms with van der Waals surface area (Å²) in [7, 11) is -3.89. The molecule has 3 aromatic rings. The maximum Gasteiger partial charge on any atom is 0.492 e. The molecule has 3 rings (SSSR count). The van der Waals surface area contributed by atoms with Crippen LogP contribution in [0.15, 0.2) is 65.8 Å². The van der Waals surface area contributed by atoms with Crippen molar-refractivity contribution in [2.45, 2.75) is 11.1 Å².